The number of ether oxygens (including phenoxy) is 2. The van der Waals surface area contributed by atoms with Crippen molar-refractivity contribution in [3.63, 3.8) is 0 Å². The fourth-order valence-corrected chi connectivity index (χ4v) is 9.04. The topological polar surface area (TPSA) is 52.6 Å². The largest absolute Gasteiger partial charge is 0.423 e. The summed E-state index contributed by atoms with van der Waals surface area (Å²) in [6.07, 6.45) is 11.3. The molecule has 254 valence electrons. The SMILES string of the molecule is CC1CCC(c2ccc(OC(=O)c3ccc4c5cccc6c(C(=O)Oc7ccc(C8CCCCC8)cc7)ccc(c7cccc3c74)c65)cc2)CC1. The maximum absolute atomic E-state index is 13.7. The van der Waals surface area contributed by atoms with Crippen LogP contribution in [0.15, 0.2) is 109 Å². The number of esters is 2. The van der Waals surface area contributed by atoms with E-state index in [1.165, 1.54) is 68.9 Å². The highest BCUT2D eigenvalue weighted by Crippen LogP contribution is 2.43. The zero-order chi connectivity index (χ0) is 34.5. The lowest BCUT2D eigenvalue weighted by Crippen LogP contribution is -2.11. The Balaban J connectivity index is 1.02. The van der Waals surface area contributed by atoms with Crippen LogP contribution in [0, 0.1) is 5.92 Å². The average molecular weight is 671 g/mol. The molecule has 7 aromatic carbocycles. The highest BCUT2D eigenvalue weighted by Gasteiger charge is 2.23. The Kier molecular flexibility index (Phi) is 8.19. The predicted octanol–water partition coefficient (Wildman–Crippen LogP) is 12.5. The smallest absolute Gasteiger partial charge is 0.344 e. The molecule has 4 heteroatoms. The van der Waals surface area contributed by atoms with Crippen molar-refractivity contribution in [3.8, 4) is 11.5 Å². The van der Waals surface area contributed by atoms with Gasteiger partial charge in [0, 0.05) is 0 Å². The van der Waals surface area contributed by atoms with Gasteiger partial charge < -0.3 is 9.47 Å². The molecular weight excluding hydrogens is 629 g/mol. The van der Waals surface area contributed by atoms with Crippen LogP contribution in [0.2, 0.25) is 0 Å². The van der Waals surface area contributed by atoms with Crippen molar-refractivity contribution in [1.82, 2.24) is 0 Å². The van der Waals surface area contributed by atoms with Crippen LogP contribution in [-0.4, -0.2) is 11.9 Å². The second-order valence-corrected chi connectivity index (χ2v) is 15.0. The zero-order valence-electron chi connectivity index (χ0n) is 29.1. The van der Waals surface area contributed by atoms with Crippen LogP contribution < -0.4 is 9.47 Å². The third-order valence-corrected chi connectivity index (χ3v) is 11.8. The molecule has 0 bridgehead atoms. The molecule has 0 heterocycles. The van der Waals surface area contributed by atoms with Gasteiger partial charge >= 0.3 is 11.9 Å². The number of carbonyl (C=O) groups is 2. The van der Waals surface area contributed by atoms with Gasteiger partial charge in [-0.15, -0.1) is 0 Å². The van der Waals surface area contributed by atoms with Crippen molar-refractivity contribution in [2.75, 3.05) is 0 Å². The molecule has 2 aliphatic rings. The summed E-state index contributed by atoms with van der Waals surface area (Å²) in [6, 6.07) is 36.2. The van der Waals surface area contributed by atoms with E-state index in [-0.39, 0.29) is 11.9 Å². The first kappa shape index (κ1) is 31.7. The van der Waals surface area contributed by atoms with Crippen LogP contribution in [-0.2, 0) is 0 Å². The van der Waals surface area contributed by atoms with Crippen LogP contribution in [0.1, 0.15) is 108 Å². The van der Waals surface area contributed by atoms with Crippen LogP contribution in [0.3, 0.4) is 0 Å². The van der Waals surface area contributed by atoms with Gasteiger partial charge in [-0.05, 0) is 134 Å². The maximum Gasteiger partial charge on any atom is 0.344 e. The van der Waals surface area contributed by atoms with E-state index in [2.05, 4.69) is 43.3 Å². The van der Waals surface area contributed by atoms with Crippen molar-refractivity contribution in [3.05, 3.63) is 131 Å². The third kappa shape index (κ3) is 5.81. The first-order chi connectivity index (χ1) is 25.0. The van der Waals surface area contributed by atoms with E-state index in [1.807, 2.05) is 72.8 Å². The molecule has 0 amide bonds. The van der Waals surface area contributed by atoms with E-state index >= 15 is 0 Å². The molecule has 2 aliphatic carbocycles. The fourth-order valence-electron chi connectivity index (χ4n) is 9.04. The van der Waals surface area contributed by atoms with Crippen LogP contribution >= 0.6 is 0 Å². The monoisotopic (exact) mass is 670 g/mol. The van der Waals surface area contributed by atoms with Gasteiger partial charge in [-0.3, -0.25) is 0 Å². The normalized spacial score (nSPS) is 18.5. The molecular formula is C47H42O4. The van der Waals surface area contributed by atoms with E-state index < -0.39 is 0 Å². The lowest BCUT2D eigenvalue weighted by Gasteiger charge is -2.26. The van der Waals surface area contributed by atoms with Gasteiger partial charge in [0.2, 0.25) is 0 Å². The minimum atomic E-state index is -0.369. The molecule has 0 N–H and O–H groups in total. The summed E-state index contributed by atoms with van der Waals surface area (Å²) in [6.45, 7) is 2.34. The highest BCUT2D eigenvalue weighted by atomic mass is 16.5. The number of rotatable bonds is 6. The summed E-state index contributed by atoms with van der Waals surface area (Å²) < 4.78 is 11.9. The minimum Gasteiger partial charge on any atom is -0.423 e. The molecule has 51 heavy (non-hydrogen) atoms. The minimum absolute atomic E-state index is 0.368. The molecule has 7 aromatic rings. The van der Waals surface area contributed by atoms with E-state index in [0.29, 0.717) is 34.5 Å². The number of hydrogen-bond acceptors (Lipinski definition) is 4. The number of hydrogen-bond donors (Lipinski definition) is 0. The van der Waals surface area contributed by atoms with Crippen molar-refractivity contribution >= 4 is 55.0 Å². The van der Waals surface area contributed by atoms with Gasteiger partial charge in [-0.1, -0.05) is 112 Å². The van der Waals surface area contributed by atoms with E-state index in [9.17, 15) is 9.59 Å². The van der Waals surface area contributed by atoms with E-state index in [0.717, 1.165) is 49.0 Å². The summed E-state index contributed by atoms with van der Waals surface area (Å²) in [5, 5.41) is 7.87. The molecule has 2 fully saturated rings. The van der Waals surface area contributed by atoms with E-state index in [4.69, 9.17) is 9.47 Å². The molecule has 2 saturated carbocycles. The molecule has 0 saturated heterocycles. The second kappa shape index (κ2) is 13.2. The van der Waals surface area contributed by atoms with Gasteiger partial charge in [-0.25, -0.2) is 9.59 Å². The molecule has 0 spiro atoms. The van der Waals surface area contributed by atoms with Crippen LogP contribution in [0.5, 0.6) is 11.5 Å². The molecule has 9 rings (SSSR count). The first-order valence-corrected chi connectivity index (χ1v) is 18.8. The summed E-state index contributed by atoms with van der Waals surface area (Å²) in [5.74, 6) is 2.38. The Morgan fingerprint density at radius 3 is 1.33 bits per heavy atom. The average Bonchev–Trinajstić information content (AvgIpc) is 3.17. The Hall–Kier alpha value is -5.22. The quantitative estimate of drug-likeness (QED) is 0.0765. The molecule has 0 unspecified atom stereocenters. The second-order valence-electron chi connectivity index (χ2n) is 15.0. The lowest BCUT2D eigenvalue weighted by molar-refractivity contribution is 0.0727. The Labute approximate surface area is 298 Å². The van der Waals surface area contributed by atoms with E-state index in [1.54, 1.807) is 0 Å². The summed E-state index contributed by atoms with van der Waals surface area (Å²) >= 11 is 0. The summed E-state index contributed by atoms with van der Waals surface area (Å²) in [7, 11) is 0. The zero-order valence-corrected chi connectivity index (χ0v) is 29.1. The molecule has 0 radical (unpaired) electrons. The Morgan fingerprint density at radius 2 is 0.863 bits per heavy atom. The van der Waals surface area contributed by atoms with Crippen molar-refractivity contribution < 1.29 is 19.1 Å². The maximum atomic E-state index is 13.7. The van der Waals surface area contributed by atoms with Gasteiger partial charge in [0.1, 0.15) is 11.5 Å². The van der Waals surface area contributed by atoms with Crippen molar-refractivity contribution in [2.45, 2.75) is 76.5 Å². The lowest BCUT2D eigenvalue weighted by atomic mass is 9.79. The molecule has 0 atom stereocenters. The standard InChI is InChI=1S/C47H42O4/c1-29-13-15-31(16-14-29)33-19-23-35(24-20-33)51-47(49)43-28-26-41-36-9-5-11-38-42(27-25-40(44(36)38)37-10-6-12-39(43)45(37)41)46(48)50-34-21-17-32(18-22-34)30-7-3-2-4-8-30/h5-6,9-12,17-31H,2-4,7-8,13-16H2,1H3. The highest BCUT2D eigenvalue weighted by molar-refractivity contribution is 6.35. The molecule has 4 nitrogen and oxygen atoms in total. The van der Waals surface area contributed by atoms with Crippen LogP contribution in [0.25, 0.3) is 43.1 Å². The number of benzene rings is 7. The summed E-state index contributed by atoms with van der Waals surface area (Å²) in [5.41, 5.74) is 3.73. The van der Waals surface area contributed by atoms with Crippen molar-refractivity contribution in [2.24, 2.45) is 5.92 Å². The van der Waals surface area contributed by atoms with Crippen LogP contribution in [0.4, 0.5) is 0 Å². The molecule has 0 aromatic heterocycles. The van der Waals surface area contributed by atoms with Gasteiger partial charge in [0.25, 0.3) is 0 Å². The number of carbonyl (C=O) groups excluding carboxylic acids is 2. The van der Waals surface area contributed by atoms with Gasteiger partial charge in [-0.2, -0.15) is 0 Å². The summed E-state index contributed by atoms with van der Waals surface area (Å²) in [4.78, 5) is 27.4. The third-order valence-electron chi connectivity index (χ3n) is 11.8. The van der Waals surface area contributed by atoms with Gasteiger partial charge in [0.05, 0.1) is 11.1 Å². The Bertz CT molecular complexity index is 2370. The van der Waals surface area contributed by atoms with Gasteiger partial charge in [0.15, 0.2) is 0 Å². The number of fused-ring (bicyclic) bond motifs is 2. The Morgan fingerprint density at radius 1 is 0.451 bits per heavy atom. The predicted molar refractivity (Wildman–Crippen MR) is 207 cm³/mol. The molecule has 0 aliphatic heterocycles. The van der Waals surface area contributed by atoms with Crippen molar-refractivity contribution in [1.29, 1.82) is 0 Å². The fraction of sp³-hybridized carbons (Fsp3) is 0.277. The first-order valence-electron chi connectivity index (χ1n) is 18.8.